The summed E-state index contributed by atoms with van der Waals surface area (Å²) < 4.78 is 0. The average molecular weight is 252 g/mol. The number of nitrogens with two attached hydrogens (primary N) is 1. The van der Waals surface area contributed by atoms with Crippen molar-refractivity contribution in [2.45, 2.75) is 36.8 Å². The molecule has 5 nitrogen and oxygen atoms in total. The predicted molar refractivity (Wildman–Crippen MR) is 67.6 cm³/mol. The van der Waals surface area contributed by atoms with Crippen molar-refractivity contribution in [3.05, 3.63) is 12.4 Å². The molecule has 0 bridgehead atoms. The number of amides is 1. The molecular weight excluding hydrogens is 236 g/mol. The largest absolute Gasteiger partial charge is 0.381 e. The van der Waals surface area contributed by atoms with Gasteiger partial charge in [-0.05, 0) is 12.8 Å². The van der Waals surface area contributed by atoms with Crippen molar-refractivity contribution in [3.63, 3.8) is 0 Å². The van der Waals surface area contributed by atoms with Crippen LogP contribution in [0.5, 0.6) is 0 Å². The van der Waals surface area contributed by atoms with Crippen LogP contribution in [0.2, 0.25) is 0 Å². The summed E-state index contributed by atoms with van der Waals surface area (Å²) in [5.74, 6) is 0.775. The Morgan fingerprint density at radius 2 is 2.12 bits per heavy atom. The fourth-order valence-electron chi connectivity index (χ4n) is 1.92. The number of hydrogen-bond acceptors (Lipinski definition) is 5. The van der Waals surface area contributed by atoms with E-state index in [1.165, 1.54) is 30.8 Å². The summed E-state index contributed by atoms with van der Waals surface area (Å²) in [5.41, 5.74) is 5.64. The summed E-state index contributed by atoms with van der Waals surface area (Å²) in [5, 5.41) is 3.64. The van der Waals surface area contributed by atoms with Crippen LogP contribution < -0.4 is 11.1 Å². The number of nitrogens with one attached hydrogen (secondary N) is 1. The van der Waals surface area contributed by atoms with Crippen LogP contribution in [0.3, 0.4) is 0 Å². The molecule has 0 unspecified atom stereocenters. The van der Waals surface area contributed by atoms with Gasteiger partial charge in [-0.3, -0.25) is 4.79 Å². The van der Waals surface area contributed by atoms with Crippen LogP contribution in [-0.4, -0.2) is 27.7 Å². The molecule has 92 valence electrons. The summed E-state index contributed by atoms with van der Waals surface area (Å²) in [7, 11) is 0. The van der Waals surface area contributed by atoms with E-state index in [1.54, 1.807) is 6.20 Å². The van der Waals surface area contributed by atoms with Gasteiger partial charge in [0.05, 0.1) is 5.75 Å². The van der Waals surface area contributed by atoms with E-state index < -0.39 is 0 Å². The molecule has 1 fully saturated rings. The van der Waals surface area contributed by atoms with Gasteiger partial charge >= 0.3 is 0 Å². The molecule has 2 rings (SSSR count). The van der Waals surface area contributed by atoms with Crippen LogP contribution >= 0.6 is 11.8 Å². The minimum atomic E-state index is 0.0481. The fourth-order valence-corrected chi connectivity index (χ4v) is 2.61. The van der Waals surface area contributed by atoms with Crippen molar-refractivity contribution in [2.75, 3.05) is 11.5 Å². The molecule has 3 N–H and O–H groups in total. The Kier molecular flexibility index (Phi) is 4.19. The lowest BCUT2D eigenvalue weighted by molar-refractivity contribution is -0.119. The van der Waals surface area contributed by atoms with Gasteiger partial charge in [-0.2, -0.15) is 0 Å². The molecule has 0 atom stereocenters. The molecule has 0 radical (unpaired) electrons. The third-order valence-electron chi connectivity index (χ3n) is 2.75. The minimum Gasteiger partial charge on any atom is -0.381 e. The second-order valence-electron chi connectivity index (χ2n) is 4.08. The molecule has 6 heteroatoms. The molecule has 1 aliphatic rings. The fraction of sp³-hybridized carbons (Fsp3) is 0.545. The first-order chi connectivity index (χ1) is 8.25. The van der Waals surface area contributed by atoms with Crippen molar-refractivity contribution < 1.29 is 4.79 Å². The SMILES string of the molecule is Nc1nccnc1SCC(=O)NC1CCCC1. The highest BCUT2D eigenvalue weighted by Crippen LogP contribution is 2.20. The molecule has 1 aromatic heterocycles. The van der Waals surface area contributed by atoms with Crippen LogP contribution in [0.4, 0.5) is 5.82 Å². The molecule has 0 saturated heterocycles. The van der Waals surface area contributed by atoms with Crippen molar-refractivity contribution in [1.29, 1.82) is 0 Å². The number of hydrogen-bond donors (Lipinski definition) is 2. The Hall–Kier alpha value is -1.30. The monoisotopic (exact) mass is 252 g/mol. The molecular formula is C11H16N4OS. The van der Waals surface area contributed by atoms with Crippen LogP contribution in [0.25, 0.3) is 0 Å². The number of aromatic nitrogens is 2. The van der Waals surface area contributed by atoms with Gasteiger partial charge in [-0.1, -0.05) is 24.6 Å². The maximum Gasteiger partial charge on any atom is 0.230 e. The number of nitrogen functional groups attached to an aromatic ring is 1. The Balaban J connectivity index is 1.77. The second kappa shape index (κ2) is 5.86. The lowest BCUT2D eigenvalue weighted by Gasteiger charge is -2.11. The van der Waals surface area contributed by atoms with Gasteiger partial charge in [-0.25, -0.2) is 9.97 Å². The number of rotatable bonds is 4. The first-order valence-corrected chi connectivity index (χ1v) is 6.73. The van der Waals surface area contributed by atoms with Gasteiger partial charge in [0.1, 0.15) is 5.03 Å². The molecule has 1 aliphatic carbocycles. The quantitative estimate of drug-likeness (QED) is 0.787. The summed E-state index contributed by atoms with van der Waals surface area (Å²) in [6.45, 7) is 0. The van der Waals surface area contributed by atoms with E-state index in [4.69, 9.17) is 5.73 Å². The smallest absolute Gasteiger partial charge is 0.230 e. The summed E-state index contributed by atoms with van der Waals surface area (Å²) in [6, 6.07) is 0.363. The zero-order valence-corrected chi connectivity index (χ0v) is 10.4. The van der Waals surface area contributed by atoms with Crippen LogP contribution in [-0.2, 0) is 4.79 Å². The maximum absolute atomic E-state index is 11.7. The van der Waals surface area contributed by atoms with Crippen molar-refractivity contribution in [3.8, 4) is 0 Å². The highest BCUT2D eigenvalue weighted by molar-refractivity contribution is 8.00. The summed E-state index contributed by atoms with van der Waals surface area (Å²) in [4.78, 5) is 19.7. The third kappa shape index (κ3) is 3.59. The number of carbonyl (C=O) groups excluding carboxylic acids is 1. The molecule has 0 aromatic carbocycles. The molecule has 1 saturated carbocycles. The van der Waals surface area contributed by atoms with E-state index in [9.17, 15) is 4.79 Å². The second-order valence-corrected chi connectivity index (χ2v) is 5.05. The Morgan fingerprint density at radius 3 is 2.82 bits per heavy atom. The lowest BCUT2D eigenvalue weighted by atomic mass is 10.2. The molecule has 17 heavy (non-hydrogen) atoms. The van der Waals surface area contributed by atoms with E-state index in [1.807, 2.05) is 0 Å². The van der Waals surface area contributed by atoms with Gasteiger partial charge in [0.2, 0.25) is 5.91 Å². The van der Waals surface area contributed by atoms with E-state index in [2.05, 4.69) is 15.3 Å². The molecule has 1 aromatic rings. The molecule has 1 amide bonds. The van der Waals surface area contributed by atoms with Gasteiger partial charge in [0.25, 0.3) is 0 Å². The zero-order valence-electron chi connectivity index (χ0n) is 9.56. The number of nitrogens with zero attached hydrogens (tertiary/aromatic N) is 2. The van der Waals surface area contributed by atoms with Crippen LogP contribution in [0.15, 0.2) is 17.4 Å². The Morgan fingerprint density at radius 1 is 1.41 bits per heavy atom. The van der Waals surface area contributed by atoms with Gasteiger partial charge in [0, 0.05) is 18.4 Å². The van der Waals surface area contributed by atoms with E-state index in [0.29, 0.717) is 22.6 Å². The van der Waals surface area contributed by atoms with Crippen molar-refractivity contribution in [1.82, 2.24) is 15.3 Å². The third-order valence-corrected chi connectivity index (χ3v) is 3.75. The van der Waals surface area contributed by atoms with E-state index in [0.717, 1.165) is 12.8 Å². The number of thioether (sulfide) groups is 1. The van der Waals surface area contributed by atoms with Crippen LogP contribution in [0.1, 0.15) is 25.7 Å². The standard InChI is InChI=1S/C11H16N4OS/c12-10-11(14-6-5-13-10)17-7-9(16)15-8-3-1-2-4-8/h5-6,8H,1-4,7H2,(H2,12,13)(H,15,16). The normalized spacial score (nSPS) is 16.0. The topological polar surface area (TPSA) is 80.9 Å². The maximum atomic E-state index is 11.7. The van der Waals surface area contributed by atoms with Gasteiger partial charge in [0.15, 0.2) is 5.82 Å². The first-order valence-electron chi connectivity index (χ1n) is 5.74. The highest BCUT2D eigenvalue weighted by atomic mass is 32.2. The van der Waals surface area contributed by atoms with Gasteiger partial charge < -0.3 is 11.1 Å². The highest BCUT2D eigenvalue weighted by Gasteiger charge is 2.17. The van der Waals surface area contributed by atoms with Gasteiger partial charge in [-0.15, -0.1) is 0 Å². The molecule has 0 spiro atoms. The van der Waals surface area contributed by atoms with Crippen LogP contribution in [0, 0.1) is 0 Å². The molecule has 0 aliphatic heterocycles. The Labute approximate surface area is 105 Å². The summed E-state index contributed by atoms with van der Waals surface area (Å²) in [6.07, 6.45) is 7.75. The predicted octanol–water partition coefficient (Wildman–Crippen LogP) is 1.21. The van der Waals surface area contributed by atoms with E-state index >= 15 is 0 Å². The summed E-state index contributed by atoms with van der Waals surface area (Å²) >= 11 is 1.33. The number of carbonyl (C=O) groups is 1. The molecule has 1 heterocycles. The number of anilines is 1. The first kappa shape index (κ1) is 12.2. The Bertz CT molecular complexity index is 393. The van der Waals surface area contributed by atoms with Crippen molar-refractivity contribution >= 4 is 23.5 Å². The van der Waals surface area contributed by atoms with Crippen molar-refractivity contribution in [2.24, 2.45) is 0 Å². The minimum absolute atomic E-state index is 0.0481. The lowest BCUT2D eigenvalue weighted by Crippen LogP contribution is -2.33. The average Bonchev–Trinajstić information content (AvgIpc) is 2.81. The van der Waals surface area contributed by atoms with E-state index in [-0.39, 0.29) is 5.91 Å². The zero-order chi connectivity index (χ0) is 12.1.